The number of benzene rings is 2. The van der Waals surface area contributed by atoms with Crippen LogP contribution in [0.15, 0.2) is 65.2 Å². The average Bonchev–Trinajstić information content (AvgIpc) is 3.22. The van der Waals surface area contributed by atoms with E-state index in [1.807, 2.05) is 30.3 Å². The first-order valence-corrected chi connectivity index (χ1v) is 8.29. The fourth-order valence-corrected chi connectivity index (χ4v) is 2.40. The second-order valence-corrected chi connectivity index (χ2v) is 5.55. The summed E-state index contributed by atoms with van der Waals surface area (Å²) in [5, 5.41) is 9.02. The van der Waals surface area contributed by atoms with E-state index in [1.54, 1.807) is 37.4 Å². The zero-order valence-electron chi connectivity index (χ0n) is 14.7. The third kappa shape index (κ3) is 4.41. The molecule has 6 heteroatoms. The van der Waals surface area contributed by atoms with Gasteiger partial charge in [-0.3, -0.25) is 9.59 Å². The molecule has 3 aromatic rings. The molecule has 0 aliphatic heterocycles. The standard InChI is InChI=1S/C21H17N3O3/c1-22-20(25)17-12-6-5-8-15(17)11-7-13-23-21(26)18-14-19(27-24-18)16-9-3-2-4-10-16/h2-6,8-10,12,14H,13H2,1H3,(H,22,25)(H,23,26). The number of hydrogen-bond donors (Lipinski definition) is 2. The van der Waals surface area contributed by atoms with Gasteiger partial charge < -0.3 is 15.2 Å². The van der Waals surface area contributed by atoms with Crippen molar-refractivity contribution in [3.05, 3.63) is 77.5 Å². The molecule has 0 spiro atoms. The molecule has 0 fully saturated rings. The predicted octanol–water partition coefficient (Wildman–Crippen LogP) is 2.48. The van der Waals surface area contributed by atoms with E-state index in [2.05, 4.69) is 27.6 Å². The maximum atomic E-state index is 12.2. The van der Waals surface area contributed by atoms with E-state index in [-0.39, 0.29) is 24.1 Å². The van der Waals surface area contributed by atoms with E-state index in [1.165, 1.54) is 0 Å². The highest BCUT2D eigenvalue weighted by molar-refractivity contribution is 5.96. The lowest BCUT2D eigenvalue weighted by atomic mass is 10.1. The smallest absolute Gasteiger partial charge is 0.274 e. The molecule has 0 unspecified atom stereocenters. The second kappa shape index (κ2) is 8.50. The molecule has 1 heterocycles. The molecule has 0 aliphatic carbocycles. The van der Waals surface area contributed by atoms with Crippen LogP contribution in [0.4, 0.5) is 0 Å². The summed E-state index contributed by atoms with van der Waals surface area (Å²) in [4.78, 5) is 24.0. The van der Waals surface area contributed by atoms with Crippen molar-refractivity contribution in [2.24, 2.45) is 0 Å². The van der Waals surface area contributed by atoms with Crippen molar-refractivity contribution in [1.82, 2.24) is 15.8 Å². The molecule has 6 nitrogen and oxygen atoms in total. The van der Waals surface area contributed by atoms with Crippen LogP contribution in [0.5, 0.6) is 0 Å². The fraction of sp³-hybridized carbons (Fsp3) is 0.0952. The Kier molecular flexibility index (Phi) is 5.65. The van der Waals surface area contributed by atoms with Crippen LogP contribution in [-0.2, 0) is 0 Å². The summed E-state index contributed by atoms with van der Waals surface area (Å²) < 4.78 is 5.21. The summed E-state index contributed by atoms with van der Waals surface area (Å²) in [6, 6.07) is 18.0. The van der Waals surface area contributed by atoms with E-state index in [4.69, 9.17) is 4.52 Å². The summed E-state index contributed by atoms with van der Waals surface area (Å²) in [5.41, 5.74) is 2.11. The quantitative estimate of drug-likeness (QED) is 0.701. The minimum atomic E-state index is -0.380. The predicted molar refractivity (Wildman–Crippen MR) is 101 cm³/mol. The van der Waals surface area contributed by atoms with E-state index in [0.717, 1.165) is 5.56 Å². The van der Waals surface area contributed by atoms with Gasteiger partial charge in [-0.25, -0.2) is 0 Å². The molecule has 2 N–H and O–H groups in total. The number of hydrogen-bond acceptors (Lipinski definition) is 4. The molecule has 2 aromatic carbocycles. The molecule has 3 rings (SSSR count). The monoisotopic (exact) mass is 359 g/mol. The number of nitrogens with one attached hydrogen (secondary N) is 2. The van der Waals surface area contributed by atoms with Crippen LogP contribution in [0.1, 0.15) is 26.4 Å². The van der Waals surface area contributed by atoms with Gasteiger partial charge in [0.1, 0.15) is 0 Å². The topological polar surface area (TPSA) is 84.2 Å². The number of carbonyl (C=O) groups is 2. The molecule has 1 aromatic heterocycles. The van der Waals surface area contributed by atoms with Crippen molar-refractivity contribution in [3.63, 3.8) is 0 Å². The van der Waals surface area contributed by atoms with Crippen LogP contribution >= 0.6 is 0 Å². The van der Waals surface area contributed by atoms with E-state index in [9.17, 15) is 9.59 Å². The zero-order chi connectivity index (χ0) is 19.1. The normalized spacial score (nSPS) is 9.81. The Hall–Kier alpha value is -3.85. The maximum Gasteiger partial charge on any atom is 0.274 e. The van der Waals surface area contributed by atoms with Gasteiger partial charge in [-0.15, -0.1) is 0 Å². The van der Waals surface area contributed by atoms with Gasteiger partial charge >= 0.3 is 0 Å². The summed E-state index contributed by atoms with van der Waals surface area (Å²) in [6.45, 7) is 0.119. The third-order valence-electron chi connectivity index (χ3n) is 3.76. The minimum Gasteiger partial charge on any atom is -0.355 e. The molecule has 27 heavy (non-hydrogen) atoms. The maximum absolute atomic E-state index is 12.2. The Morgan fingerprint density at radius 2 is 1.78 bits per heavy atom. The van der Waals surface area contributed by atoms with Gasteiger partial charge in [-0.2, -0.15) is 0 Å². The Morgan fingerprint density at radius 1 is 1.04 bits per heavy atom. The lowest BCUT2D eigenvalue weighted by Crippen LogP contribution is -2.23. The van der Waals surface area contributed by atoms with Gasteiger partial charge in [0.15, 0.2) is 11.5 Å². The molecule has 0 aliphatic rings. The van der Waals surface area contributed by atoms with Crippen LogP contribution in [0.3, 0.4) is 0 Å². The molecular weight excluding hydrogens is 342 g/mol. The molecule has 0 saturated heterocycles. The van der Waals surface area contributed by atoms with Crippen LogP contribution in [0.25, 0.3) is 11.3 Å². The number of carbonyl (C=O) groups excluding carboxylic acids is 2. The molecule has 0 atom stereocenters. The first-order valence-electron chi connectivity index (χ1n) is 8.29. The average molecular weight is 359 g/mol. The van der Waals surface area contributed by atoms with Crippen molar-refractivity contribution in [2.45, 2.75) is 0 Å². The van der Waals surface area contributed by atoms with Crippen molar-refractivity contribution in [2.75, 3.05) is 13.6 Å². The lowest BCUT2D eigenvalue weighted by Gasteiger charge is -2.02. The number of aromatic nitrogens is 1. The Balaban J connectivity index is 1.63. The summed E-state index contributed by atoms with van der Waals surface area (Å²) >= 11 is 0. The molecule has 134 valence electrons. The number of nitrogens with zero attached hydrogens (tertiary/aromatic N) is 1. The fourth-order valence-electron chi connectivity index (χ4n) is 2.40. The highest BCUT2D eigenvalue weighted by atomic mass is 16.5. The van der Waals surface area contributed by atoms with Crippen molar-refractivity contribution < 1.29 is 14.1 Å². The van der Waals surface area contributed by atoms with Gasteiger partial charge in [-0.1, -0.05) is 59.5 Å². The molecule has 0 saturated carbocycles. The Labute approximate surface area is 156 Å². The first-order chi connectivity index (χ1) is 13.2. The largest absolute Gasteiger partial charge is 0.355 e. The third-order valence-corrected chi connectivity index (χ3v) is 3.76. The minimum absolute atomic E-state index is 0.119. The Morgan fingerprint density at radius 3 is 2.56 bits per heavy atom. The highest BCUT2D eigenvalue weighted by Gasteiger charge is 2.12. The highest BCUT2D eigenvalue weighted by Crippen LogP contribution is 2.19. The van der Waals surface area contributed by atoms with Crippen molar-refractivity contribution >= 4 is 11.8 Å². The van der Waals surface area contributed by atoms with Crippen molar-refractivity contribution in [3.8, 4) is 23.2 Å². The van der Waals surface area contributed by atoms with Crippen LogP contribution in [0.2, 0.25) is 0 Å². The van der Waals surface area contributed by atoms with Crippen LogP contribution in [-0.4, -0.2) is 30.6 Å². The molecule has 0 radical (unpaired) electrons. The van der Waals surface area contributed by atoms with Crippen molar-refractivity contribution in [1.29, 1.82) is 0 Å². The van der Waals surface area contributed by atoms with Gasteiger partial charge in [0.2, 0.25) is 0 Å². The number of amides is 2. The van der Waals surface area contributed by atoms with Gasteiger partial charge in [-0.05, 0) is 12.1 Å². The lowest BCUT2D eigenvalue weighted by molar-refractivity contribution is 0.0945. The summed E-state index contributed by atoms with van der Waals surface area (Å²) in [5.74, 6) is 5.67. The summed E-state index contributed by atoms with van der Waals surface area (Å²) in [7, 11) is 1.56. The van der Waals surface area contributed by atoms with Gasteiger partial charge in [0.05, 0.1) is 12.1 Å². The van der Waals surface area contributed by atoms with Crippen LogP contribution < -0.4 is 10.6 Å². The van der Waals surface area contributed by atoms with E-state index in [0.29, 0.717) is 16.9 Å². The summed E-state index contributed by atoms with van der Waals surface area (Å²) in [6.07, 6.45) is 0. The van der Waals surface area contributed by atoms with E-state index < -0.39 is 0 Å². The number of rotatable bonds is 4. The Bertz CT molecular complexity index is 1010. The van der Waals surface area contributed by atoms with Gasteiger partial charge in [0.25, 0.3) is 11.8 Å². The first kappa shape index (κ1) is 18.0. The second-order valence-electron chi connectivity index (χ2n) is 5.55. The van der Waals surface area contributed by atoms with E-state index >= 15 is 0 Å². The molecular formula is C21H17N3O3. The molecule has 0 bridgehead atoms. The SMILES string of the molecule is CNC(=O)c1ccccc1C#CCNC(=O)c1cc(-c2ccccc2)on1. The van der Waals surface area contributed by atoms with Crippen LogP contribution in [0, 0.1) is 11.8 Å². The van der Waals surface area contributed by atoms with Gasteiger partial charge in [0, 0.05) is 24.2 Å². The zero-order valence-corrected chi connectivity index (χ0v) is 14.7. The molecule has 2 amide bonds.